The smallest absolute Gasteiger partial charge is 0.261 e. The number of amides is 2. The van der Waals surface area contributed by atoms with Gasteiger partial charge in [0.15, 0.2) is 6.61 Å². The van der Waals surface area contributed by atoms with Crippen LogP contribution in [0.25, 0.3) is 0 Å². The molecule has 0 heterocycles. The number of hydrogen-bond acceptors (Lipinski definition) is 3. The Hall–Kier alpha value is -3.02. The second kappa shape index (κ2) is 11.6. The lowest BCUT2D eigenvalue weighted by molar-refractivity contribution is -0.142. The number of para-hydroxylation sites is 1. The molecule has 0 aliphatic carbocycles. The highest BCUT2D eigenvalue weighted by atomic mass is 35.5. The van der Waals surface area contributed by atoms with Gasteiger partial charge in [0, 0.05) is 23.1 Å². The lowest BCUT2D eigenvalue weighted by Crippen LogP contribution is -2.48. The van der Waals surface area contributed by atoms with Crippen molar-refractivity contribution >= 4 is 35.0 Å². The Bertz CT molecular complexity index is 1040. The highest BCUT2D eigenvalue weighted by molar-refractivity contribution is 6.31. The number of carbonyl (C=O) groups excluding carboxylic acids is 2. The Morgan fingerprint density at radius 1 is 0.938 bits per heavy atom. The Morgan fingerprint density at radius 2 is 1.59 bits per heavy atom. The molecule has 0 aliphatic rings. The fourth-order valence-electron chi connectivity index (χ4n) is 3.09. The van der Waals surface area contributed by atoms with Crippen LogP contribution in [0.4, 0.5) is 0 Å². The number of benzene rings is 3. The van der Waals surface area contributed by atoms with E-state index in [1.165, 1.54) is 4.90 Å². The summed E-state index contributed by atoms with van der Waals surface area (Å²) in [4.78, 5) is 27.4. The van der Waals surface area contributed by atoms with E-state index in [4.69, 9.17) is 27.9 Å². The molecule has 0 radical (unpaired) electrons. The lowest BCUT2D eigenvalue weighted by Gasteiger charge is -2.29. The third-order valence-electron chi connectivity index (χ3n) is 4.95. The Morgan fingerprint density at radius 3 is 2.28 bits per heavy atom. The maximum atomic E-state index is 13.0. The summed E-state index contributed by atoms with van der Waals surface area (Å²) in [6.07, 6.45) is 0. The molecule has 3 aromatic carbocycles. The molecule has 3 rings (SSSR count). The molecule has 1 N–H and O–H groups in total. The van der Waals surface area contributed by atoms with E-state index in [-0.39, 0.29) is 31.5 Å². The van der Waals surface area contributed by atoms with Gasteiger partial charge in [-0.25, -0.2) is 0 Å². The molecule has 2 amide bonds. The Labute approximate surface area is 197 Å². The zero-order valence-corrected chi connectivity index (χ0v) is 19.1. The quantitative estimate of drug-likeness (QED) is 0.472. The van der Waals surface area contributed by atoms with Gasteiger partial charge in [-0.15, -0.1) is 0 Å². The Kier molecular flexibility index (Phi) is 8.54. The summed E-state index contributed by atoms with van der Waals surface area (Å²) in [7, 11) is 0. The molecule has 1 unspecified atom stereocenters. The molecule has 0 bridgehead atoms. The van der Waals surface area contributed by atoms with Crippen LogP contribution in [0.3, 0.4) is 0 Å². The van der Waals surface area contributed by atoms with Crippen molar-refractivity contribution in [3.8, 4) is 5.75 Å². The first-order valence-corrected chi connectivity index (χ1v) is 10.9. The maximum absolute atomic E-state index is 13.0. The number of nitrogens with zero attached hydrogens (tertiary/aromatic N) is 1. The van der Waals surface area contributed by atoms with Gasteiger partial charge in [-0.05, 0) is 48.4 Å². The minimum atomic E-state index is -0.722. The SMILES string of the molecule is CC(C(=O)NCc1ccccc1Cl)N(Cc1ccc(Cl)cc1)C(=O)COc1ccccc1. The lowest BCUT2D eigenvalue weighted by atomic mass is 10.1. The molecule has 5 nitrogen and oxygen atoms in total. The number of hydrogen-bond donors (Lipinski definition) is 1. The van der Waals surface area contributed by atoms with Crippen molar-refractivity contribution in [2.24, 2.45) is 0 Å². The van der Waals surface area contributed by atoms with Gasteiger partial charge >= 0.3 is 0 Å². The van der Waals surface area contributed by atoms with Crippen LogP contribution in [-0.2, 0) is 22.7 Å². The standard InChI is InChI=1S/C25H24Cl2N2O3/c1-18(25(31)28-15-20-7-5-6-10-23(20)27)29(16-19-11-13-21(26)14-12-19)24(30)17-32-22-8-3-2-4-9-22/h2-14,18H,15-17H2,1H3,(H,28,31). The first-order valence-electron chi connectivity index (χ1n) is 10.2. The van der Waals surface area contributed by atoms with E-state index in [9.17, 15) is 9.59 Å². The van der Waals surface area contributed by atoms with Crippen molar-refractivity contribution < 1.29 is 14.3 Å². The molecule has 0 aliphatic heterocycles. The van der Waals surface area contributed by atoms with Crippen LogP contribution in [0.15, 0.2) is 78.9 Å². The van der Waals surface area contributed by atoms with E-state index in [1.807, 2.05) is 48.5 Å². The predicted molar refractivity (Wildman–Crippen MR) is 127 cm³/mol. The highest BCUT2D eigenvalue weighted by Crippen LogP contribution is 2.17. The molecule has 166 valence electrons. The van der Waals surface area contributed by atoms with Gasteiger partial charge in [0.05, 0.1) is 0 Å². The van der Waals surface area contributed by atoms with Crippen LogP contribution in [-0.4, -0.2) is 29.4 Å². The minimum Gasteiger partial charge on any atom is -0.484 e. The molecule has 0 saturated carbocycles. The van der Waals surface area contributed by atoms with E-state index >= 15 is 0 Å². The first kappa shape index (κ1) is 23.6. The summed E-state index contributed by atoms with van der Waals surface area (Å²) in [5, 5.41) is 4.04. The van der Waals surface area contributed by atoms with Crippen LogP contribution in [0.1, 0.15) is 18.1 Å². The highest BCUT2D eigenvalue weighted by Gasteiger charge is 2.26. The fourth-order valence-corrected chi connectivity index (χ4v) is 3.41. The van der Waals surface area contributed by atoms with Gasteiger partial charge in [0.1, 0.15) is 11.8 Å². The molecule has 1 atom stereocenters. The normalized spacial score (nSPS) is 11.5. The van der Waals surface area contributed by atoms with Crippen molar-refractivity contribution in [2.75, 3.05) is 6.61 Å². The summed E-state index contributed by atoms with van der Waals surface area (Å²) in [5.41, 5.74) is 1.66. The van der Waals surface area contributed by atoms with Crippen molar-refractivity contribution in [2.45, 2.75) is 26.1 Å². The van der Waals surface area contributed by atoms with E-state index < -0.39 is 6.04 Å². The van der Waals surface area contributed by atoms with Crippen LogP contribution in [0, 0.1) is 0 Å². The Balaban J connectivity index is 1.70. The van der Waals surface area contributed by atoms with Gasteiger partial charge in [-0.3, -0.25) is 9.59 Å². The third-order valence-corrected chi connectivity index (χ3v) is 5.57. The molecule has 7 heteroatoms. The summed E-state index contributed by atoms with van der Waals surface area (Å²) in [6, 6.07) is 22.8. The van der Waals surface area contributed by atoms with E-state index in [0.717, 1.165) is 11.1 Å². The van der Waals surface area contributed by atoms with Crippen LogP contribution >= 0.6 is 23.2 Å². The first-order chi connectivity index (χ1) is 15.4. The van der Waals surface area contributed by atoms with Gasteiger partial charge in [0.2, 0.25) is 5.91 Å². The van der Waals surface area contributed by atoms with Crippen molar-refractivity contribution in [1.29, 1.82) is 0 Å². The molecule has 3 aromatic rings. The van der Waals surface area contributed by atoms with Crippen molar-refractivity contribution in [1.82, 2.24) is 10.2 Å². The zero-order valence-electron chi connectivity index (χ0n) is 17.6. The second-order valence-electron chi connectivity index (χ2n) is 7.24. The largest absolute Gasteiger partial charge is 0.484 e. The van der Waals surface area contributed by atoms with Gasteiger partial charge in [0.25, 0.3) is 5.91 Å². The zero-order chi connectivity index (χ0) is 22.9. The van der Waals surface area contributed by atoms with E-state index in [2.05, 4.69) is 5.32 Å². The number of rotatable bonds is 9. The number of carbonyl (C=O) groups is 2. The van der Waals surface area contributed by atoms with E-state index in [0.29, 0.717) is 15.8 Å². The van der Waals surface area contributed by atoms with Crippen molar-refractivity contribution in [3.63, 3.8) is 0 Å². The number of halogens is 2. The molecular formula is C25H24Cl2N2O3. The molecular weight excluding hydrogens is 447 g/mol. The van der Waals surface area contributed by atoms with Gasteiger partial charge in [-0.1, -0.05) is 71.7 Å². The second-order valence-corrected chi connectivity index (χ2v) is 8.08. The summed E-state index contributed by atoms with van der Waals surface area (Å²) in [6.45, 7) is 2.03. The average molecular weight is 471 g/mol. The number of ether oxygens (including phenoxy) is 1. The minimum absolute atomic E-state index is 0.181. The van der Waals surface area contributed by atoms with Gasteiger partial charge < -0.3 is 15.0 Å². The van der Waals surface area contributed by atoms with Crippen LogP contribution < -0.4 is 10.1 Å². The molecule has 32 heavy (non-hydrogen) atoms. The average Bonchev–Trinajstić information content (AvgIpc) is 2.81. The summed E-state index contributed by atoms with van der Waals surface area (Å²) in [5.74, 6) is -0.000687. The van der Waals surface area contributed by atoms with Crippen molar-refractivity contribution in [3.05, 3.63) is 100 Å². The fraction of sp³-hybridized carbons (Fsp3) is 0.200. The number of nitrogens with one attached hydrogen (secondary N) is 1. The molecule has 0 spiro atoms. The molecule has 0 fully saturated rings. The predicted octanol–water partition coefficient (Wildman–Crippen LogP) is 5.11. The maximum Gasteiger partial charge on any atom is 0.261 e. The topological polar surface area (TPSA) is 58.6 Å². The third kappa shape index (κ3) is 6.74. The molecule has 0 saturated heterocycles. The van der Waals surface area contributed by atoms with Crippen LogP contribution in [0.2, 0.25) is 10.0 Å². The van der Waals surface area contributed by atoms with E-state index in [1.54, 1.807) is 37.3 Å². The van der Waals surface area contributed by atoms with Crippen LogP contribution in [0.5, 0.6) is 5.75 Å². The van der Waals surface area contributed by atoms with Gasteiger partial charge in [-0.2, -0.15) is 0 Å². The monoisotopic (exact) mass is 470 g/mol. The summed E-state index contributed by atoms with van der Waals surface area (Å²) < 4.78 is 5.62. The summed E-state index contributed by atoms with van der Waals surface area (Å²) >= 11 is 12.2. The molecule has 0 aromatic heterocycles.